The summed E-state index contributed by atoms with van der Waals surface area (Å²) in [6, 6.07) is 21.8. The zero-order chi connectivity index (χ0) is 23.7. The number of carbonyl (C=O) groups excluding carboxylic acids is 2. The fourth-order valence-corrected chi connectivity index (χ4v) is 5.82. The topological polar surface area (TPSA) is 95.9 Å². The zero-order valence-corrected chi connectivity index (χ0v) is 19.1. The van der Waals surface area contributed by atoms with Crippen molar-refractivity contribution < 1.29 is 24.2 Å². The molecule has 34 heavy (non-hydrogen) atoms. The molecule has 0 bridgehead atoms. The van der Waals surface area contributed by atoms with Gasteiger partial charge in [-0.25, -0.2) is 0 Å². The van der Waals surface area contributed by atoms with E-state index in [1.807, 2.05) is 78.2 Å². The number of rotatable bonds is 8. The highest BCUT2D eigenvalue weighted by molar-refractivity contribution is 7.10. The Bertz CT molecular complexity index is 1180. The number of thiophene rings is 1. The first-order valence-corrected chi connectivity index (χ1v) is 11.9. The number of benzene rings is 2. The van der Waals surface area contributed by atoms with Gasteiger partial charge in [-0.3, -0.25) is 24.6 Å². The molecular formula is C26H24N2O5S. The lowest BCUT2D eigenvalue weighted by atomic mass is 9.80. The molecule has 5 rings (SSSR count). The molecule has 3 aromatic rings. The standard InChI is InChI=1S/C26H24N2O5S/c29-23-20-21(24(30)28(23)14-17-8-3-1-4-9-17)26(25(31)32,27-22(20)19-12-7-13-34-19)16-33-15-18-10-5-2-6-11-18/h1-13,20-22,27H,14-16H2,(H,31,32). The number of aliphatic carboxylic acids is 1. The van der Waals surface area contributed by atoms with Crippen molar-refractivity contribution in [3.8, 4) is 0 Å². The van der Waals surface area contributed by atoms with Gasteiger partial charge in [-0.1, -0.05) is 66.7 Å². The van der Waals surface area contributed by atoms with E-state index in [1.165, 1.54) is 16.2 Å². The summed E-state index contributed by atoms with van der Waals surface area (Å²) < 4.78 is 5.86. The monoisotopic (exact) mass is 476 g/mol. The Kier molecular flexibility index (Phi) is 6.03. The Hall–Kier alpha value is -3.33. The van der Waals surface area contributed by atoms with E-state index >= 15 is 0 Å². The largest absolute Gasteiger partial charge is 0.480 e. The number of nitrogens with zero attached hydrogens (tertiary/aromatic N) is 1. The van der Waals surface area contributed by atoms with Gasteiger partial charge in [0.2, 0.25) is 11.8 Å². The van der Waals surface area contributed by atoms with Gasteiger partial charge in [-0.2, -0.15) is 0 Å². The van der Waals surface area contributed by atoms with E-state index in [1.54, 1.807) is 0 Å². The van der Waals surface area contributed by atoms with Crippen LogP contribution in [0.15, 0.2) is 78.2 Å². The molecule has 1 aromatic heterocycles. The molecule has 7 nitrogen and oxygen atoms in total. The fourth-order valence-electron chi connectivity index (χ4n) is 4.99. The molecule has 0 radical (unpaired) electrons. The van der Waals surface area contributed by atoms with Crippen LogP contribution >= 0.6 is 11.3 Å². The molecule has 3 heterocycles. The minimum Gasteiger partial charge on any atom is -0.480 e. The number of nitrogens with one attached hydrogen (secondary N) is 1. The van der Waals surface area contributed by atoms with Crippen LogP contribution < -0.4 is 5.32 Å². The number of carbonyl (C=O) groups is 3. The second kappa shape index (κ2) is 9.13. The summed E-state index contributed by atoms with van der Waals surface area (Å²) in [7, 11) is 0. The molecule has 2 aliphatic heterocycles. The molecular weight excluding hydrogens is 452 g/mol. The quantitative estimate of drug-likeness (QED) is 0.485. The Labute approximate surface area is 201 Å². The SMILES string of the molecule is O=C1C2C(c3cccs3)NC(COCc3ccccc3)(C(=O)O)C2C(=O)N1Cc1ccccc1. The van der Waals surface area contributed by atoms with Gasteiger partial charge in [-0.05, 0) is 22.6 Å². The normalized spacial score (nSPS) is 26.1. The van der Waals surface area contributed by atoms with Gasteiger partial charge in [-0.15, -0.1) is 11.3 Å². The van der Waals surface area contributed by atoms with E-state index in [0.29, 0.717) is 0 Å². The summed E-state index contributed by atoms with van der Waals surface area (Å²) in [5.74, 6) is -3.90. The molecule has 4 atom stereocenters. The van der Waals surface area contributed by atoms with Gasteiger partial charge in [0.15, 0.2) is 5.54 Å². The number of hydrogen-bond acceptors (Lipinski definition) is 6. The highest BCUT2D eigenvalue weighted by Crippen LogP contribution is 2.50. The fraction of sp³-hybridized carbons (Fsp3) is 0.269. The van der Waals surface area contributed by atoms with Crippen LogP contribution in [0.2, 0.25) is 0 Å². The summed E-state index contributed by atoms with van der Waals surface area (Å²) >= 11 is 1.43. The van der Waals surface area contributed by atoms with Crippen LogP contribution in [0.5, 0.6) is 0 Å². The van der Waals surface area contributed by atoms with Gasteiger partial charge in [0, 0.05) is 4.88 Å². The number of likely N-dealkylation sites (tertiary alicyclic amines) is 1. The molecule has 2 saturated heterocycles. The maximum absolute atomic E-state index is 13.6. The first kappa shape index (κ1) is 22.5. The molecule has 0 spiro atoms. The van der Waals surface area contributed by atoms with Gasteiger partial charge < -0.3 is 9.84 Å². The summed E-state index contributed by atoms with van der Waals surface area (Å²) in [5, 5.41) is 15.4. The lowest BCUT2D eigenvalue weighted by Crippen LogP contribution is -2.58. The molecule has 2 aliphatic rings. The summed E-state index contributed by atoms with van der Waals surface area (Å²) in [6.07, 6.45) is 0. The van der Waals surface area contributed by atoms with Gasteiger partial charge >= 0.3 is 5.97 Å². The smallest absolute Gasteiger partial charge is 0.327 e. The van der Waals surface area contributed by atoms with E-state index in [2.05, 4.69) is 5.32 Å². The summed E-state index contributed by atoms with van der Waals surface area (Å²) in [6.45, 7) is 0.0795. The summed E-state index contributed by atoms with van der Waals surface area (Å²) in [4.78, 5) is 41.9. The van der Waals surface area contributed by atoms with E-state index in [9.17, 15) is 19.5 Å². The van der Waals surface area contributed by atoms with Crippen molar-refractivity contribution in [2.75, 3.05) is 6.61 Å². The second-order valence-electron chi connectivity index (χ2n) is 8.64. The van der Waals surface area contributed by atoms with Crippen LogP contribution in [0.3, 0.4) is 0 Å². The average Bonchev–Trinajstić information content (AvgIpc) is 3.55. The second-order valence-corrected chi connectivity index (χ2v) is 9.62. The Morgan fingerprint density at radius 3 is 2.26 bits per heavy atom. The highest BCUT2D eigenvalue weighted by Gasteiger charge is 2.68. The van der Waals surface area contributed by atoms with Crippen molar-refractivity contribution in [2.24, 2.45) is 11.8 Å². The van der Waals surface area contributed by atoms with E-state index in [4.69, 9.17) is 4.74 Å². The van der Waals surface area contributed by atoms with Crippen LogP contribution in [0.4, 0.5) is 0 Å². The predicted octanol–water partition coefficient (Wildman–Crippen LogP) is 3.23. The average molecular weight is 477 g/mol. The van der Waals surface area contributed by atoms with Crippen LogP contribution in [0, 0.1) is 11.8 Å². The highest BCUT2D eigenvalue weighted by atomic mass is 32.1. The minimum atomic E-state index is -1.72. The molecule has 0 aliphatic carbocycles. The van der Waals surface area contributed by atoms with Crippen molar-refractivity contribution in [1.29, 1.82) is 0 Å². The van der Waals surface area contributed by atoms with Gasteiger partial charge in [0.05, 0.1) is 37.6 Å². The van der Waals surface area contributed by atoms with Crippen molar-refractivity contribution in [3.05, 3.63) is 94.2 Å². The predicted molar refractivity (Wildman–Crippen MR) is 126 cm³/mol. The number of carboxylic acid groups (broad SMARTS) is 1. The minimum absolute atomic E-state index is 0.114. The third-order valence-electron chi connectivity index (χ3n) is 6.60. The van der Waals surface area contributed by atoms with Gasteiger partial charge in [0.1, 0.15) is 0 Å². The molecule has 0 saturated carbocycles. The van der Waals surface area contributed by atoms with Crippen molar-refractivity contribution in [2.45, 2.75) is 24.7 Å². The lowest BCUT2D eigenvalue weighted by molar-refractivity contribution is -0.155. The first-order valence-electron chi connectivity index (χ1n) is 11.1. The van der Waals surface area contributed by atoms with E-state index < -0.39 is 35.3 Å². The van der Waals surface area contributed by atoms with Crippen molar-refractivity contribution >= 4 is 29.1 Å². The van der Waals surface area contributed by atoms with E-state index in [0.717, 1.165) is 16.0 Å². The Balaban J connectivity index is 1.48. The first-order chi connectivity index (χ1) is 16.5. The number of ether oxygens (including phenoxy) is 1. The molecule has 4 unspecified atom stereocenters. The number of carboxylic acids is 1. The molecule has 2 aromatic carbocycles. The molecule has 8 heteroatoms. The molecule has 174 valence electrons. The zero-order valence-electron chi connectivity index (χ0n) is 18.3. The van der Waals surface area contributed by atoms with Crippen molar-refractivity contribution in [3.63, 3.8) is 0 Å². The number of hydrogen-bond donors (Lipinski definition) is 2. The van der Waals surface area contributed by atoms with Crippen LogP contribution in [-0.2, 0) is 32.3 Å². The Morgan fingerprint density at radius 1 is 0.971 bits per heavy atom. The number of amides is 2. The lowest BCUT2D eigenvalue weighted by Gasteiger charge is -2.30. The van der Waals surface area contributed by atoms with Gasteiger partial charge in [0.25, 0.3) is 0 Å². The van der Waals surface area contributed by atoms with Crippen LogP contribution in [0.25, 0.3) is 0 Å². The molecule has 2 fully saturated rings. The maximum Gasteiger partial charge on any atom is 0.327 e. The van der Waals surface area contributed by atoms with Crippen LogP contribution in [0.1, 0.15) is 22.0 Å². The number of fused-ring (bicyclic) bond motifs is 1. The third kappa shape index (κ3) is 3.83. The number of imide groups is 1. The van der Waals surface area contributed by atoms with Crippen LogP contribution in [-0.4, -0.2) is 39.9 Å². The molecule has 2 amide bonds. The molecule has 2 N–H and O–H groups in total. The third-order valence-corrected chi connectivity index (χ3v) is 7.56. The Morgan fingerprint density at radius 2 is 1.65 bits per heavy atom. The van der Waals surface area contributed by atoms with E-state index in [-0.39, 0.29) is 25.7 Å². The maximum atomic E-state index is 13.6. The van der Waals surface area contributed by atoms with Crippen molar-refractivity contribution in [1.82, 2.24) is 10.2 Å². The summed E-state index contributed by atoms with van der Waals surface area (Å²) in [5.41, 5.74) is -0.00952.